The maximum Gasteiger partial charge on any atom is 0.275 e. The van der Waals surface area contributed by atoms with E-state index in [1.165, 1.54) is 30.6 Å². The van der Waals surface area contributed by atoms with Crippen LogP contribution in [0.4, 0.5) is 5.69 Å². The Bertz CT molecular complexity index is 904. The summed E-state index contributed by atoms with van der Waals surface area (Å²) < 4.78 is 2.05. The smallest absolute Gasteiger partial charge is 0.275 e. The molecule has 2 N–H and O–H groups in total. The average molecular weight is 354 g/mol. The summed E-state index contributed by atoms with van der Waals surface area (Å²) in [7, 11) is 0. The lowest BCUT2D eigenvalue weighted by Crippen LogP contribution is -2.17. The van der Waals surface area contributed by atoms with E-state index in [0.29, 0.717) is 17.7 Å². The van der Waals surface area contributed by atoms with E-state index < -0.39 is 0 Å². The van der Waals surface area contributed by atoms with Gasteiger partial charge in [-0.05, 0) is 32.1 Å². The molecule has 0 atom stereocenters. The van der Waals surface area contributed by atoms with Crippen LogP contribution in [0.2, 0.25) is 0 Å². The molecule has 1 amide bonds. The number of carbonyl (C=O) groups is 1. The first-order chi connectivity index (χ1) is 12.3. The van der Waals surface area contributed by atoms with Gasteiger partial charge >= 0.3 is 0 Å². The number of H-pyrrole nitrogens is 1. The highest BCUT2D eigenvalue weighted by Gasteiger charge is 2.32. The van der Waals surface area contributed by atoms with Gasteiger partial charge in [-0.25, -0.2) is 4.98 Å². The van der Waals surface area contributed by atoms with Gasteiger partial charge in [-0.3, -0.25) is 14.6 Å². The quantitative estimate of drug-likeness (QED) is 0.733. The number of nitrogens with zero attached hydrogens (tertiary/aromatic N) is 4. The van der Waals surface area contributed by atoms with Crippen LogP contribution in [0.3, 0.4) is 0 Å². The Morgan fingerprint density at radius 1 is 1.32 bits per heavy atom. The van der Waals surface area contributed by atoms with E-state index in [-0.39, 0.29) is 5.91 Å². The molecule has 2 aliphatic rings. The van der Waals surface area contributed by atoms with Crippen molar-refractivity contribution < 1.29 is 4.79 Å². The predicted octanol–water partition coefficient (Wildman–Crippen LogP) is 3.58. The fourth-order valence-electron chi connectivity index (χ4n) is 3.06. The van der Waals surface area contributed by atoms with Crippen molar-refractivity contribution >= 4 is 22.9 Å². The highest BCUT2D eigenvalue weighted by molar-refractivity contribution is 7.13. The summed E-state index contributed by atoms with van der Waals surface area (Å²) in [5, 5.41) is 17.0. The summed E-state index contributed by atoms with van der Waals surface area (Å²) in [5.74, 6) is 0.314. The number of amides is 1. The summed E-state index contributed by atoms with van der Waals surface area (Å²) in [6, 6.07) is 0.495. The number of nitrogens with one attached hydrogen (secondary N) is 2. The molecular formula is C17H18N6OS. The summed E-state index contributed by atoms with van der Waals surface area (Å²) in [6.45, 7) is 0. The minimum absolute atomic E-state index is 0.180. The zero-order valence-corrected chi connectivity index (χ0v) is 14.4. The largest absolute Gasteiger partial charge is 0.318 e. The van der Waals surface area contributed by atoms with Crippen LogP contribution in [0, 0.1) is 0 Å². The second kappa shape index (κ2) is 5.80. The van der Waals surface area contributed by atoms with Crippen molar-refractivity contribution in [2.75, 3.05) is 5.32 Å². The second-order valence-corrected chi connectivity index (χ2v) is 7.60. The molecule has 0 radical (unpaired) electrons. The van der Waals surface area contributed by atoms with Gasteiger partial charge in [-0.1, -0.05) is 0 Å². The lowest BCUT2D eigenvalue weighted by molar-refractivity contribution is 0.102. The highest BCUT2D eigenvalue weighted by Crippen LogP contribution is 2.44. The molecule has 3 heterocycles. The number of rotatable bonds is 5. The first-order valence-electron chi connectivity index (χ1n) is 8.63. The van der Waals surface area contributed by atoms with Gasteiger partial charge in [0.05, 0.1) is 23.6 Å². The number of aromatic nitrogens is 5. The van der Waals surface area contributed by atoms with E-state index in [4.69, 9.17) is 5.10 Å². The van der Waals surface area contributed by atoms with Crippen molar-refractivity contribution in [3.63, 3.8) is 0 Å². The molecule has 0 aliphatic heterocycles. The van der Waals surface area contributed by atoms with Crippen molar-refractivity contribution in [3.8, 4) is 10.6 Å². The van der Waals surface area contributed by atoms with E-state index in [0.717, 1.165) is 34.8 Å². The summed E-state index contributed by atoms with van der Waals surface area (Å²) in [6.07, 6.45) is 11.4. The molecule has 0 aromatic carbocycles. The van der Waals surface area contributed by atoms with Gasteiger partial charge < -0.3 is 5.32 Å². The van der Waals surface area contributed by atoms with Gasteiger partial charge in [0.1, 0.15) is 10.7 Å². The van der Waals surface area contributed by atoms with Crippen molar-refractivity contribution in [2.45, 2.75) is 44.1 Å². The number of thiazole rings is 1. The van der Waals surface area contributed by atoms with E-state index >= 15 is 0 Å². The normalized spacial score (nSPS) is 17.4. The molecule has 3 aromatic rings. The Hall–Kier alpha value is -2.48. The fraction of sp³-hybridized carbons (Fsp3) is 0.412. The van der Waals surface area contributed by atoms with Gasteiger partial charge in [0.15, 0.2) is 0 Å². The number of hydrogen-bond donors (Lipinski definition) is 2. The van der Waals surface area contributed by atoms with E-state index in [1.807, 2.05) is 10.9 Å². The maximum absolute atomic E-state index is 12.6. The molecule has 7 nitrogen and oxygen atoms in total. The zero-order chi connectivity index (χ0) is 16.8. The molecular weight excluding hydrogens is 336 g/mol. The molecule has 0 unspecified atom stereocenters. The van der Waals surface area contributed by atoms with Crippen LogP contribution in [0.1, 0.15) is 60.2 Å². The molecule has 2 fully saturated rings. The highest BCUT2D eigenvalue weighted by atomic mass is 32.1. The first kappa shape index (κ1) is 14.8. The lowest BCUT2D eigenvalue weighted by Gasteiger charge is -2.25. The predicted molar refractivity (Wildman–Crippen MR) is 94.7 cm³/mol. The van der Waals surface area contributed by atoms with Gasteiger partial charge in [0.25, 0.3) is 5.91 Å². The topological polar surface area (TPSA) is 88.5 Å². The summed E-state index contributed by atoms with van der Waals surface area (Å²) in [4.78, 5) is 17.1. The van der Waals surface area contributed by atoms with Crippen LogP contribution >= 0.6 is 11.3 Å². The molecule has 0 bridgehead atoms. The average Bonchev–Trinajstić information content (AvgIpc) is 2.99. The minimum atomic E-state index is -0.180. The van der Waals surface area contributed by atoms with Crippen LogP contribution in [-0.4, -0.2) is 30.9 Å². The van der Waals surface area contributed by atoms with Crippen LogP contribution in [0.5, 0.6) is 0 Å². The van der Waals surface area contributed by atoms with Crippen molar-refractivity contribution in [3.05, 3.63) is 35.4 Å². The Labute approximate surface area is 148 Å². The third kappa shape index (κ3) is 2.76. The number of aromatic amines is 1. The van der Waals surface area contributed by atoms with Crippen LogP contribution in [-0.2, 0) is 0 Å². The molecule has 5 rings (SSSR count). The summed E-state index contributed by atoms with van der Waals surface area (Å²) in [5.41, 5.74) is 3.20. The van der Waals surface area contributed by atoms with Gasteiger partial charge in [-0.2, -0.15) is 10.2 Å². The van der Waals surface area contributed by atoms with Gasteiger partial charge in [0, 0.05) is 29.3 Å². The molecule has 0 saturated heterocycles. The number of carbonyl (C=O) groups excluding carboxylic acids is 1. The van der Waals surface area contributed by atoms with Gasteiger partial charge in [0.2, 0.25) is 0 Å². The van der Waals surface area contributed by atoms with Crippen molar-refractivity contribution in [1.29, 1.82) is 0 Å². The fourth-order valence-corrected chi connectivity index (χ4v) is 3.85. The van der Waals surface area contributed by atoms with E-state index in [2.05, 4.69) is 20.5 Å². The van der Waals surface area contributed by atoms with Crippen LogP contribution < -0.4 is 5.32 Å². The SMILES string of the molecule is O=C(Nc1cn(C2CCC2)nc1C1CC1)c1csc(-c2cn[nH]c2)n1. The number of anilines is 1. The summed E-state index contributed by atoms with van der Waals surface area (Å²) >= 11 is 1.44. The number of hydrogen-bond acceptors (Lipinski definition) is 5. The van der Waals surface area contributed by atoms with Gasteiger partial charge in [-0.15, -0.1) is 11.3 Å². The maximum atomic E-state index is 12.6. The molecule has 25 heavy (non-hydrogen) atoms. The van der Waals surface area contributed by atoms with Crippen LogP contribution in [0.25, 0.3) is 10.6 Å². The first-order valence-corrected chi connectivity index (χ1v) is 9.51. The van der Waals surface area contributed by atoms with E-state index in [9.17, 15) is 4.79 Å². The molecule has 2 saturated carbocycles. The Balaban J connectivity index is 1.37. The Kier molecular flexibility index (Phi) is 3.44. The molecule has 2 aliphatic carbocycles. The van der Waals surface area contributed by atoms with Crippen LogP contribution in [0.15, 0.2) is 24.0 Å². The Morgan fingerprint density at radius 3 is 2.88 bits per heavy atom. The minimum Gasteiger partial charge on any atom is -0.318 e. The third-order valence-corrected chi connectivity index (χ3v) is 5.79. The third-order valence-electron chi connectivity index (χ3n) is 4.90. The van der Waals surface area contributed by atoms with E-state index in [1.54, 1.807) is 17.8 Å². The Morgan fingerprint density at radius 2 is 2.20 bits per heavy atom. The monoisotopic (exact) mass is 354 g/mol. The second-order valence-electron chi connectivity index (χ2n) is 6.75. The van der Waals surface area contributed by atoms with Crippen molar-refractivity contribution in [2.24, 2.45) is 0 Å². The molecule has 8 heteroatoms. The zero-order valence-electron chi connectivity index (χ0n) is 13.6. The molecule has 128 valence electrons. The molecule has 0 spiro atoms. The lowest BCUT2D eigenvalue weighted by atomic mass is 9.93. The van der Waals surface area contributed by atoms with Crippen molar-refractivity contribution in [1.82, 2.24) is 25.0 Å². The molecule has 3 aromatic heterocycles. The standard InChI is InChI=1S/C17H18N6OS/c24-16(14-9-25-17(21-14)11-6-18-19-7-11)20-13-8-23(12-2-1-3-12)22-15(13)10-4-5-10/h6-10,12H,1-5H2,(H,18,19)(H,20,24).